The highest BCUT2D eigenvalue weighted by Gasteiger charge is 2.28. The quantitative estimate of drug-likeness (QED) is 0.796. The molecule has 6 heteroatoms. The van der Waals surface area contributed by atoms with E-state index in [0.29, 0.717) is 17.1 Å². The number of halogens is 1. The number of carbonyl (C=O) groups excluding carboxylic acids is 1. The lowest BCUT2D eigenvalue weighted by Gasteiger charge is -2.17. The topological polar surface area (TPSA) is 70.8 Å². The van der Waals surface area contributed by atoms with Crippen molar-refractivity contribution in [3.8, 4) is 11.5 Å². The van der Waals surface area contributed by atoms with E-state index in [1.807, 2.05) is 0 Å². The molecule has 0 saturated heterocycles. The van der Waals surface area contributed by atoms with Crippen LogP contribution in [0, 0.1) is 0 Å². The average Bonchev–Trinajstić information content (AvgIpc) is 2.45. The Kier molecular flexibility index (Phi) is 5.57. The van der Waals surface area contributed by atoms with Crippen molar-refractivity contribution in [2.75, 3.05) is 20.8 Å². The molecular weight excluding hydrogens is 253 g/mol. The summed E-state index contributed by atoms with van der Waals surface area (Å²) in [6.45, 7) is 1.71. The summed E-state index contributed by atoms with van der Waals surface area (Å²) in [6, 6.07) is 3.61. The molecule has 0 aromatic heterocycles. The molecule has 1 rings (SSSR count). The van der Waals surface area contributed by atoms with E-state index in [4.69, 9.17) is 15.2 Å². The Balaban J connectivity index is 2.93. The Morgan fingerprint density at radius 2 is 1.95 bits per heavy atom. The first kappa shape index (κ1) is 15.2. The summed E-state index contributed by atoms with van der Waals surface area (Å²) in [5.74, 6) is -0.0405. The van der Waals surface area contributed by atoms with Gasteiger partial charge in [-0.25, -0.2) is 9.18 Å². The smallest absolute Gasteiger partial charge is 0.342 e. The number of esters is 1. The molecule has 0 aliphatic rings. The first-order chi connectivity index (χ1) is 9.04. The summed E-state index contributed by atoms with van der Waals surface area (Å²) >= 11 is 0. The van der Waals surface area contributed by atoms with Crippen molar-refractivity contribution in [1.29, 1.82) is 0 Å². The molecule has 2 atom stereocenters. The van der Waals surface area contributed by atoms with Crippen molar-refractivity contribution in [3.05, 3.63) is 23.8 Å². The molecule has 19 heavy (non-hydrogen) atoms. The fourth-order valence-electron chi connectivity index (χ4n) is 1.60. The molecule has 0 aliphatic heterocycles. The van der Waals surface area contributed by atoms with Crippen LogP contribution in [-0.4, -0.2) is 33.0 Å². The highest BCUT2D eigenvalue weighted by atomic mass is 19.1. The predicted molar refractivity (Wildman–Crippen MR) is 68.0 cm³/mol. The second-order valence-corrected chi connectivity index (χ2v) is 3.79. The van der Waals surface area contributed by atoms with Gasteiger partial charge in [-0.15, -0.1) is 0 Å². The van der Waals surface area contributed by atoms with E-state index in [0.717, 1.165) is 0 Å². The molecule has 0 radical (unpaired) electrons. The molecule has 106 valence electrons. The van der Waals surface area contributed by atoms with Crippen molar-refractivity contribution in [2.45, 2.75) is 19.1 Å². The molecule has 0 heterocycles. The normalized spacial score (nSPS) is 13.5. The van der Waals surface area contributed by atoms with E-state index in [-0.39, 0.29) is 6.61 Å². The van der Waals surface area contributed by atoms with Crippen LogP contribution in [0.5, 0.6) is 11.5 Å². The van der Waals surface area contributed by atoms with Gasteiger partial charge in [0.15, 0.2) is 11.5 Å². The Morgan fingerprint density at radius 3 is 2.47 bits per heavy atom. The predicted octanol–water partition coefficient (Wildman–Crippen LogP) is 1.60. The minimum absolute atomic E-state index is 0.109. The fraction of sp³-hybridized carbons (Fsp3) is 0.462. The van der Waals surface area contributed by atoms with E-state index in [2.05, 4.69) is 4.74 Å². The average molecular weight is 271 g/mol. The van der Waals surface area contributed by atoms with Crippen molar-refractivity contribution >= 4 is 5.97 Å². The minimum Gasteiger partial charge on any atom is -0.493 e. The third-order valence-corrected chi connectivity index (χ3v) is 2.62. The van der Waals surface area contributed by atoms with Gasteiger partial charge in [0.2, 0.25) is 6.17 Å². The van der Waals surface area contributed by atoms with Gasteiger partial charge in [-0.05, 0) is 24.6 Å². The number of rotatable bonds is 6. The molecular formula is C13H18FNO4. The third-order valence-electron chi connectivity index (χ3n) is 2.62. The van der Waals surface area contributed by atoms with Gasteiger partial charge in [0, 0.05) is 0 Å². The van der Waals surface area contributed by atoms with Crippen molar-refractivity contribution in [3.63, 3.8) is 0 Å². The second kappa shape index (κ2) is 6.94. The molecule has 2 N–H and O–H groups in total. The van der Waals surface area contributed by atoms with Gasteiger partial charge in [0.05, 0.1) is 26.9 Å². The van der Waals surface area contributed by atoms with Crippen molar-refractivity contribution in [2.24, 2.45) is 5.73 Å². The molecule has 0 spiro atoms. The number of nitrogens with two attached hydrogens (primary N) is 1. The number of carbonyl (C=O) groups is 1. The van der Waals surface area contributed by atoms with Gasteiger partial charge in [-0.2, -0.15) is 0 Å². The van der Waals surface area contributed by atoms with E-state index < -0.39 is 18.2 Å². The van der Waals surface area contributed by atoms with Crippen LogP contribution in [0.15, 0.2) is 18.2 Å². The van der Waals surface area contributed by atoms with Gasteiger partial charge in [0.1, 0.15) is 0 Å². The highest BCUT2D eigenvalue weighted by Crippen LogP contribution is 2.30. The zero-order valence-corrected chi connectivity index (χ0v) is 11.2. The van der Waals surface area contributed by atoms with Gasteiger partial charge >= 0.3 is 5.97 Å². The number of methoxy groups -OCH3 is 2. The molecule has 1 unspecified atom stereocenters. The maximum absolute atomic E-state index is 13.8. The standard InChI is InChI=1S/C13H18FNO4/c1-4-19-13(16)11(14)12(15)8-5-6-9(17-2)10(7-8)18-3/h5-7,11-12H,4,15H2,1-3H3/t11?,12-/m1/s1. The van der Waals surface area contributed by atoms with Gasteiger partial charge in [-0.3, -0.25) is 0 Å². The molecule has 1 aromatic rings. The number of alkyl halides is 1. The van der Waals surface area contributed by atoms with Gasteiger partial charge in [0.25, 0.3) is 0 Å². The van der Waals surface area contributed by atoms with E-state index in [9.17, 15) is 9.18 Å². The number of ether oxygens (including phenoxy) is 3. The Labute approximate surface area is 111 Å². The van der Waals surface area contributed by atoms with Crippen molar-refractivity contribution < 1.29 is 23.4 Å². The maximum atomic E-state index is 13.8. The Hall–Kier alpha value is -1.82. The summed E-state index contributed by atoms with van der Waals surface area (Å²) in [5.41, 5.74) is 6.14. The zero-order chi connectivity index (χ0) is 14.4. The SMILES string of the molecule is CCOC(=O)C(F)[C@H](N)c1ccc(OC)c(OC)c1. The van der Waals surface area contributed by atoms with Crippen LogP contribution in [0.4, 0.5) is 4.39 Å². The molecule has 0 aliphatic carbocycles. The summed E-state index contributed by atoms with van der Waals surface area (Å²) < 4.78 is 28.6. The number of hydrogen-bond acceptors (Lipinski definition) is 5. The third kappa shape index (κ3) is 3.57. The lowest BCUT2D eigenvalue weighted by Crippen LogP contribution is -2.31. The molecule has 5 nitrogen and oxygen atoms in total. The Bertz CT molecular complexity index is 439. The van der Waals surface area contributed by atoms with Crippen LogP contribution in [0.2, 0.25) is 0 Å². The van der Waals surface area contributed by atoms with Crippen LogP contribution in [0.25, 0.3) is 0 Å². The summed E-state index contributed by atoms with van der Waals surface area (Å²) in [4.78, 5) is 11.3. The monoisotopic (exact) mass is 271 g/mol. The zero-order valence-electron chi connectivity index (χ0n) is 11.2. The number of hydrogen-bond donors (Lipinski definition) is 1. The van der Waals surface area contributed by atoms with Crippen LogP contribution < -0.4 is 15.2 Å². The van der Waals surface area contributed by atoms with E-state index in [1.165, 1.54) is 20.3 Å². The molecule has 0 bridgehead atoms. The molecule has 0 saturated carbocycles. The van der Waals surface area contributed by atoms with Crippen LogP contribution in [0.3, 0.4) is 0 Å². The van der Waals surface area contributed by atoms with Crippen LogP contribution in [0.1, 0.15) is 18.5 Å². The second-order valence-electron chi connectivity index (χ2n) is 3.79. The first-order valence-corrected chi connectivity index (χ1v) is 5.83. The molecule has 0 amide bonds. The van der Waals surface area contributed by atoms with E-state index >= 15 is 0 Å². The summed E-state index contributed by atoms with van der Waals surface area (Å²) in [7, 11) is 2.96. The lowest BCUT2D eigenvalue weighted by atomic mass is 10.0. The lowest BCUT2D eigenvalue weighted by molar-refractivity contribution is -0.149. The summed E-state index contributed by atoms with van der Waals surface area (Å²) in [6.07, 6.45) is -1.92. The minimum atomic E-state index is -1.92. The number of benzene rings is 1. The van der Waals surface area contributed by atoms with E-state index in [1.54, 1.807) is 19.1 Å². The van der Waals surface area contributed by atoms with Crippen molar-refractivity contribution in [1.82, 2.24) is 0 Å². The highest BCUT2D eigenvalue weighted by molar-refractivity contribution is 5.75. The van der Waals surface area contributed by atoms with Gasteiger partial charge < -0.3 is 19.9 Å². The largest absolute Gasteiger partial charge is 0.493 e. The Morgan fingerprint density at radius 1 is 1.32 bits per heavy atom. The van der Waals surface area contributed by atoms with Crippen LogP contribution in [-0.2, 0) is 9.53 Å². The fourth-order valence-corrected chi connectivity index (χ4v) is 1.60. The van der Waals surface area contributed by atoms with Gasteiger partial charge in [-0.1, -0.05) is 6.07 Å². The molecule has 1 aromatic carbocycles. The van der Waals surface area contributed by atoms with Crippen LogP contribution >= 0.6 is 0 Å². The maximum Gasteiger partial charge on any atom is 0.342 e. The first-order valence-electron chi connectivity index (χ1n) is 5.83. The molecule has 0 fully saturated rings. The summed E-state index contributed by atoms with van der Waals surface area (Å²) in [5, 5.41) is 0.